The van der Waals surface area contributed by atoms with Crippen molar-refractivity contribution in [1.82, 2.24) is 0 Å². The second kappa shape index (κ2) is 9.73. The predicted octanol–water partition coefficient (Wildman–Crippen LogP) is 5.60. The van der Waals surface area contributed by atoms with E-state index >= 15 is 0 Å². The highest BCUT2D eigenvalue weighted by molar-refractivity contribution is 6.12. The first-order valence-corrected chi connectivity index (χ1v) is 9.14. The zero-order chi connectivity index (χ0) is 22.2. The second-order valence-corrected chi connectivity index (χ2v) is 6.44. The molecule has 0 aromatic heterocycles. The molecule has 3 rings (SSSR count). The van der Waals surface area contributed by atoms with Crippen LogP contribution in [0.25, 0.3) is 21.6 Å². The van der Waals surface area contributed by atoms with Gasteiger partial charge in [0.2, 0.25) is 5.91 Å². The fourth-order valence-electron chi connectivity index (χ4n) is 2.92. The summed E-state index contributed by atoms with van der Waals surface area (Å²) in [6.45, 7) is 0. The van der Waals surface area contributed by atoms with Crippen molar-refractivity contribution in [3.63, 3.8) is 0 Å². The molecule has 0 bridgehead atoms. The van der Waals surface area contributed by atoms with Gasteiger partial charge in [0.05, 0.1) is 17.8 Å². The van der Waals surface area contributed by atoms with E-state index in [0.717, 1.165) is 11.1 Å². The monoisotopic (exact) mass is 415 g/mol. The Morgan fingerprint density at radius 1 is 0.871 bits per heavy atom. The number of azide groups is 1. The van der Waals surface area contributed by atoms with E-state index in [4.69, 9.17) is 10.6 Å². The van der Waals surface area contributed by atoms with Gasteiger partial charge in [-0.25, -0.2) is 4.79 Å². The highest BCUT2D eigenvalue weighted by atomic mass is 16.4. The highest BCUT2D eigenvalue weighted by Gasteiger charge is 2.15. The molecule has 0 atom stereocenters. The summed E-state index contributed by atoms with van der Waals surface area (Å²) in [4.78, 5) is 38.7. The fraction of sp³-hybridized carbons (Fsp3) is 0.0455. The van der Waals surface area contributed by atoms with Gasteiger partial charge in [0, 0.05) is 16.2 Å². The van der Waals surface area contributed by atoms with Crippen LogP contribution in [0.5, 0.6) is 0 Å². The normalized spacial score (nSPS) is 9.94. The molecule has 31 heavy (non-hydrogen) atoms. The number of anilines is 2. The molecule has 0 heterocycles. The van der Waals surface area contributed by atoms with Gasteiger partial charge in [-0.2, -0.15) is 0 Å². The molecule has 3 aromatic carbocycles. The largest absolute Gasteiger partial charge is 0.465 e. The average Bonchev–Trinajstić information content (AvgIpc) is 2.75. The van der Waals surface area contributed by atoms with Crippen LogP contribution >= 0.6 is 0 Å². The molecule has 3 aromatic rings. The highest BCUT2D eigenvalue weighted by Crippen LogP contribution is 2.29. The topological polar surface area (TPSA) is 144 Å². The first kappa shape index (κ1) is 21.1. The first-order valence-electron chi connectivity index (χ1n) is 9.14. The Balaban J connectivity index is 1.81. The molecule has 0 aliphatic heterocycles. The fourth-order valence-corrected chi connectivity index (χ4v) is 2.92. The lowest BCUT2D eigenvalue weighted by atomic mass is 10.0. The van der Waals surface area contributed by atoms with Crippen LogP contribution in [0.1, 0.15) is 16.8 Å². The quantitative estimate of drug-likeness (QED) is 0.152. The van der Waals surface area contributed by atoms with Crippen molar-refractivity contribution in [1.29, 1.82) is 0 Å². The van der Waals surface area contributed by atoms with Gasteiger partial charge in [-0.3, -0.25) is 14.9 Å². The molecule has 154 valence electrons. The Hall–Kier alpha value is -4.62. The van der Waals surface area contributed by atoms with Crippen molar-refractivity contribution in [3.05, 3.63) is 88.8 Å². The van der Waals surface area contributed by atoms with Crippen LogP contribution in [0.2, 0.25) is 0 Å². The number of nitrogens with zero attached hydrogens (tertiary/aromatic N) is 3. The Morgan fingerprint density at radius 3 is 2.35 bits per heavy atom. The molecule has 0 saturated carbocycles. The van der Waals surface area contributed by atoms with Gasteiger partial charge < -0.3 is 10.4 Å². The number of rotatable bonds is 7. The van der Waals surface area contributed by atoms with Crippen LogP contribution in [0.4, 0.5) is 21.9 Å². The molecule has 3 N–H and O–H groups in total. The number of Topliss-reactive ketones (excluding diaryl/α,β-unsaturated/α-hetero) is 1. The summed E-state index contributed by atoms with van der Waals surface area (Å²) >= 11 is 0. The lowest BCUT2D eigenvalue weighted by Crippen LogP contribution is -2.18. The molecule has 0 saturated heterocycles. The molecule has 0 aliphatic rings. The van der Waals surface area contributed by atoms with Crippen LogP contribution in [0, 0.1) is 0 Å². The van der Waals surface area contributed by atoms with Gasteiger partial charge in [0.25, 0.3) is 0 Å². The average molecular weight is 415 g/mol. The lowest BCUT2D eigenvalue weighted by molar-refractivity contribution is -0.115. The zero-order valence-corrected chi connectivity index (χ0v) is 16.1. The summed E-state index contributed by atoms with van der Waals surface area (Å²) in [7, 11) is 0. The van der Waals surface area contributed by atoms with Crippen LogP contribution in [-0.2, 0) is 4.79 Å². The molecule has 2 amide bonds. The molecule has 0 spiro atoms. The van der Waals surface area contributed by atoms with Crippen molar-refractivity contribution in [2.45, 2.75) is 6.42 Å². The standard InChI is InChI=1S/C22H17N5O4/c23-27-26-17-8-4-7-16(11-17)20(28)13-21(29)24-19-12-15(14-5-2-1-3-6-14)9-10-18(19)25-22(30)31/h1-12,25H,13H2,(H,24,29)(H,30,31). The Bertz CT molecular complexity index is 1190. The van der Waals surface area contributed by atoms with Crippen LogP contribution in [-0.4, -0.2) is 22.9 Å². The zero-order valence-electron chi connectivity index (χ0n) is 16.1. The van der Waals surface area contributed by atoms with Gasteiger partial charge in [-0.15, -0.1) is 0 Å². The minimum absolute atomic E-state index is 0.179. The molecule has 0 unspecified atom stereocenters. The maximum absolute atomic E-state index is 12.5. The van der Waals surface area contributed by atoms with E-state index < -0.39 is 24.2 Å². The number of carbonyl (C=O) groups is 3. The van der Waals surface area contributed by atoms with E-state index in [2.05, 4.69) is 20.7 Å². The van der Waals surface area contributed by atoms with E-state index in [-0.39, 0.29) is 22.6 Å². The Morgan fingerprint density at radius 2 is 1.65 bits per heavy atom. The lowest BCUT2D eigenvalue weighted by Gasteiger charge is -2.13. The van der Waals surface area contributed by atoms with E-state index in [1.54, 1.807) is 18.2 Å². The van der Waals surface area contributed by atoms with Gasteiger partial charge in [-0.1, -0.05) is 59.7 Å². The second-order valence-electron chi connectivity index (χ2n) is 6.44. The van der Waals surface area contributed by atoms with Gasteiger partial charge >= 0.3 is 6.09 Å². The molecule has 0 radical (unpaired) electrons. The van der Waals surface area contributed by atoms with Crippen LogP contribution < -0.4 is 10.6 Å². The molecule has 9 nitrogen and oxygen atoms in total. The van der Waals surface area contributed by atoms with Gasteiger partial charge in [0.1, 0.15) is 0 Å². The summed E-state index contributed by atoms with van der Waals surface area (Å²) in [5, 5.41) is 17.3. The SMILES string of the molecule is [N-]=[N+]=Nc1cccc(C(=O)CC(=O)Nc2cc(-c3ccccc3)ccc2NC(=O)O)c1. The molecular formula is C22H17N5O4. The molecular weight excluding hydrogens is 398 g/mol. The minimum atomic E-state index is -1.28. The third kappa shape index (κ3) is 5.69. The number of carbonyl (C=O) groups excluding carboxylic acids is 2. The van der Waals surface area contributed by atoms with Crippen molar-refractivity contribution in [2.24, 2.45) is 5.11 Å². The van der Waals surface area contributed by atoms with Crippen molar-refractivity contribution in [2.75, 3.05) is 10.6 Å². The van der Waals surface area contributed by atoms with E-state index in [1.807, 2.05) is 30.3 Å². The van der Waals surface area contributed by atoms with E-state index in [9.17, 15) is 14.4 Å². The van der Waals surface area contributed by atoms with Crippen molar-refractivity contribution >= 4 is 34.8 Å². The van der Waals surface area contributed by atoms with Crippen molar-refractivity contribution < 1.29 is 19.5 Å². The summed E-state index contributed by atoms with van der Waals surface area (Å²) < 4.78 is 0. The minimum Gasteiger partial charge on any atom is -0.465 e. The predicted molar refractivity (Wildman–Crippen MR) is 116 cm³/mol. The van der Waals surface area contributed by atoms with Crippen LogP contribution in [0.15, 0.2) is 77.9 Å². The van der Waals surface area contributed by atoms with E-state index in [1.165, 1.54) is 24.3 Å². The summed E-state index contributed by atoms with van der Waals surface area (Å²) in [5.41, 5.74) is 11.0. The third-order valence-corrected chi connectivity index (χ3v) is 4.29. The number of hydrogen-bond acceptors (Lipinski definition) is 4. The number of nitrogens with one attached hydrogen (secondary N) is 2. The molecule has 0 fully saturated rings. The number of benzene rings is 3. The Labute approximate surface area is 177 Å². The molecule has 9 heteroatoms. The first-order chi connectivity index (χ1) is 15.0. The summed E-state index contributed by atoms with van der Waals surface area (Å²) in [6.07, 6.45) is -1.75. The smallest absolute Gasteiger partial charge is 0.409 e. The number of carboxylic acid groups (broad SMARTS) is 1. The maximum atomic E-state index is 12.5. The summed E-state index contributed by atoms with van der Waals surface area (Å²) in [6, 6.07) is 20.2. The van der Waals surface area contributed by atoms with Gasteiger partial charge in [0.15, 0.2) is 5.78 Å². The van der Waals surface area contributed by atoms with Crippen LogP contribution in [0.3, 0.4) is 0 Å². The van der Waals surface area contributed by atoms with Crippen molar-refractivity contribution in [3.8, 4) is 11.1 Å². The number of ketones is 1. The number of amides is 2. The molecule has 0 aliphatic carbocycles. The summed E-state index contributed by atoms with van der Waals surface area (Å²) in [5.74, 6) is -1.09. The Kier molecular flexibility index (Phi) is 6.62. The third-order valence-electron chi connectivity index (χ3n) is 4.29. The van der Waals surface area contributed by atoms with Gasteiger partial charge in [-0.05, 0) is 34.9 Å². The maximum Gasteiger partial charge on any atom is 0.409 e. The number of hydrogen-bond donors (Lipinski definition) is 3. The van der Waals surface area contributed by atoms with E-state index in [0.29, 0.717) is 0 Å².